The Morgan fingerprint density at radius 2 is 1.80 bits per heavy atom. The van der Waals surface area contributed by atoms with Crippen LogP contribution < -0.4 is 4.38 Å². The van der Waals surface area contributed by atoms with Crippen LogP contribution in [0, 0.1) is 0 Å². The van der Waals surface area contributed by atoms with Crippen LogP contribution in [0.1, 0.15) is 0 Å². The Morgan fingerprint density at radius 1 is 1.60 bits per heavy atom. The molecule has 0 spiro atoms. The minimum atomic E-state index is 0.760. The first kappa shape index (κ1) is 5.46. The molecule has 32 valence electrons. The molecule has 0 fully saturated rings. The Kier molecular flexibility index (Phi) is 2.94. The summed E-state index contributed by atoms with van der Waals surface area (Å²) in [6.45, 7) is 0. The minimum absolute atomic E-state index is 0.760. The van der Waals surface area contributed by atoms with Gasteiger partial charge < -0.3 is 0 Å². The van der Waals surface area contributed by atoms with E-state index in [1.54, 1.807) is 0 Å². The van der Waals surface area contributed by atoms with Gasteiger partial charge in [-0.2, -0.15) is 0 Å². The summed E-state index contributed by atoms with van der Waals surface area (Å²) in [5.74, 6) is 0. The molecule has 5 heavy (non-hydrogen) atoms. The number of hydrogen-bond acceptors (Lipinski definition) is 2. The van der Waals surface area contributed by atoms with Crippen molar-refractivity contribution in [2.45, 2.75) is 0 Å². The van der Waals surface area contributed by atoms with Crippen molar-refractivity contribution in [1.29, 1.82) is 0 Å². The van der Waals surface area contributed by atoms with E-state index in [0.717, 1.165) is 16.7 Å². The summed E-state index contributed by atoms with van der Waals surface area (Å²) in [7, 11) is 3.98. The Labute approximate surface area is 41.0 Å². The zero-order valence-corrected chi connectivity index (χ0v) is 8.14. The summed E-state index contributed by atoms with van der Waals surface area (Å²) in [5.41, 5.74) is 0. The van der Waals surface area contributed by atoms with Crippen molar-refractivity contribution < 1.29 is 0 Å². The van der Waals surface area contributed by atoms with Crippen LogP contribution in [0.5, 0.6) is 0 Å². The average Bonchev–Trinajstić information content (AvgIpc) is 1.38. The molecule has 1 N–H and O–H groups in total. The van der Waals surface area contributed by atoms with Gasteiger partial charge in [0.2, 0.25) is 0 Å². The van der Waals surface area contributed by atoms with E-state index in [1.165, 1.54) is 0 Å². The van der Waals surface area contributed by atoms with Crippen LogP contribution in [-0.4, -0.2) is 35.8 Å². The topological polar surface area (TPSA) is 15.3 Å². The van der Waals surface area contributed by atoms with Crippen LogP contribution in [0.15, 0.2) is 0 Å². The Morgan fingerprint density at radius 3 is 1.80 bits per heavy atom. The molecule has 0 aromatic heterocycles. The van der Waals surface area contributed by atoms with Gasteiger partial charge in [-0.05, 0) is 0 Å². The van der Waals surface area contributed by atoms with E-state index >= 15 is 0 Å². The molecule has 0 aliphatic heterocycles. The van der Waals surface area contributed by atoms with Crippen LogP contribution in [0.4, 0.5) is 0 Å². The third-order valence-corrected chi connectivity index (χ3v) is 2.32. The van der Waals surface area contributed by atoms with Gasteiger partial charge in [-0.15, -0.1) is 0 Å². The molecule has 2 nitrogen and oxygen atoms in total. The molecular formula is C2H10GeN2. The van der Waals surface area contributed by atoms with E-state index in [1.807, 2.05) is 19.1 Å². The molecule has 0 unspecified atom stereocenters. The van der Waals surface area contributed by atoms with Crippen molar-refractivity contribution in [3.05, 3.63) is 0 Å². The molecule has 0 radical (unpaired) electrons. The van der Waals surface area contributed by atoms with Crippen LogP contribution in [0.2, 0.25) is 0 Å². The van der Waals surface area contributed by atoms with E-state index in [9.17, 15) is 0 Å². The van der Waals surface area contributed by atoms with E-state index in [4.69, 9.17) is 0 Å². The molecule has 0 atom stereocenters. The number of hydrazine groups is 1. The van der Waals surface area contributed by atoms with E-state index in [2.05, 4.69) is 4.38 Å². The summed E-state index contributed by atoms with van der Waals surface area (Å²) in [6.07, 6.45) is 0. The van der Waals surface area contributed by atoms with Gasteiger partial charge in [-0.25, -0.2) is 0 Å². The van der Waals surface area contributed by atoms with E-state index < -0.39 is 0 Å². The van der Waals surface area contributed by atoms with Gasteiger partial charge >= 0.3 is 40.2 Å². The second-order valence-corrected chi connectivity index (χ2v) is 2.06. The van der Waals surface area contributed by atoms with Crippen LogP contribution in [0.3, 0.4) is 0 Å². The first-order chi connectivity index (χ1) is 2.27. The van der Waals surface area contributed by atoms with Gasteiger partial charge in [0.1, 0.15) is 0 Å². The number of rotatable bonds is 1. The van der Waals surface area contributed by atoms with Gasteiger partial charge in [-0.1, -0.05) is 0 Å². The van der Waals surface area contributed by atoms with Crippen molar-refractivity contribution in [1.82, 2.24) is 9.39 Å². The molecule has 0 amide bonds. The first-order valence-electron chi connectivity index (χ1n) is 1.62. The fourth-order valence-electron chi connectivity index (χ4n) is 0. The zero-order valence-electron chi connectivity index (χ0n) is 3.95. The first-order valence-corrected chi connectivity index (χ1v) is 3.72. The molecule has 0 aromatic rings. The molecule has 0 rings (SSSR count). The number of nitrogens with one attached hydrogen (secondary N) is 1. The third kappa shape index (κ3) is 4.46. The van der Waals surface area contributed by atoms with Gasteiger partial charge in [-0.3, -0.25) is 0 Å². The van der Waals surface area contributed by atoms with Crippen molar-refractivity contribution in [2.75, 3.05) is 14.1 Å². The zero-order chi connectivity index (χ0) is 4.28. The molecule has 3 heteroatoms. The molecule has 0 saturated carbocycles. The standard InChI is InChI=1S/C2H10GeN2/c1-5(2)4-3/h4H,1-3H3. The van der Waals surface area contributed by atoms with Crippen LogP contribution >= 0.6 is 0 Å². The maximum absolute atomic E-state index is 3.05. The SMILES string of the molecule is CN(C)[NH][GeH3]. The molecule has 0 aliphatic carbocycles. The molecular weight excluding hydrogens is 125 g/mol. The molecule has 0 heterocycles. The van der Waals surface area contributed by atoms with E-state index in [-0.39, 0.29) is 0 Å². The van der Waals surface area contributed by atoms with Crippen molar-refractivity contribution >= 4 is 16.7 Å². The van der Waals surface area contributed by atoms with Gasteiger partial charge in [0, 0.05) is 0 Å². The predicted octanol–water partition coefficient (Wildman–Crippen LogP) is -1.67. The van der Waals surface area contributed by atoms with Gasteiger partial charge in [0.15, 0.2) is 0 Å². The van der Waals surface area contributed by atoms with Crippen molar-refractivity contribution in [2.24, 2.45) is 0 Å². The molecule has 0 aliphatic rings. The normalized spacial score (nSPS) is 10.2. The number of hydrogen-bond donors (Lipinski definition) is 1. The summed E-state index contributed by atoms with van der Waals surface area (Å²) in [6, 6.07) is 0. The van der Waals surface area contributed by atoms with Crippen LogP contribution in [0.25, 0.3) is 0 Å². The maximum atomic E-state index is 3.05. The van der Waals surface area contributed by atoms with E-state index in [0.29, 0.717) is 0 Å². The summed E-state index contributed by atoms with van der Waals surface area (Å²) < 4.78 is 3.05. The summed E-state index contributed by atoms with van der Waals surface area (Å²) in [5, 5.41) is 1.96. The second-order valence-electron chi connectivity index (χ2n) is 1.12. The quantitative estimate of drug-likeness (QED) is 0.341. The third-order valence-electron chi connectivity index (χ3n) is 0.447. The summed E-state index contributed by atoms with van der Waals surface area (Å²) in [4.78, 5) is 0. The fourth-order valence-corrected chi connectivity index (χ4v) is 0. The predicted molar refractivity (Wildman–Crippen MR) is 26.8 cm³/mol. The van der Waals surface area contributed by atoms with Crippen molar-refractivity contribution in [3.63, 3.8) is 0 Å². The molecule has 0 bridgehead atoms. The monoisotopic (exact) mass is 136 g/mol. The average molecular weight is 135 g/mol. The number of nitrogens with zero attached hydrogens (tertiary/aromatic N) is 1. The second kappa shape index (κ2) is 2.69. The van der Waals surface area contributed by atoms with Gasteiger partial charge in [0.05, 0.1) is 0 Å². The summed E-state index contributed by atoms with van der Waals surface area (Å²) >= 11 is 0.760. The van der Waals surface area contributed by atoms with Gasteiger partial charge in [0.25, 0.3) is 0 Å². The fraction of sp³-hybridized carbons (Fsp3) is 1.00. The Bertz CT molecular complexity index is 21.6. The van der Waals surface area contributed by atoms with Crippen molar-refractivity contribution in [3.8, 4) is 0 Å². The van der Waals surface area contributed by atoms with Crippen LogP contribution in [-0.2, 0) is 0 Å². The molecule has 0 saturated heterocycles. The Hall–Kier alpha value is 0.463. The molecule has 0 aromatic carbocycles. The Balaban J connectivity index is 2.54.